The van der Waals surface area contributed by atoms with Crippen molar-refractivity contribution in [3.63, 3.8) is 0 Å². The molecule has 0 radical (unpaired) electrons. The molecule has 12 heteroatoms. The fraction of sp³-hybridized carbons (Fsp3) is 0.857. The predicted molar refractivity (Wildman–Crippen MR) is 77.7 cm³/mol. The first-order chi connectivity index (χ1) is 12.1. The van der Waals surface area contributed by atoms with Crippen molar-refractivity contribution in [2.45, 2.75) is 62.2 Å². The van der Waals surface area contributed by atoms with Crippen LogP contribution in [-0.2, 0) is 28.5 Å². The summed E-state index contributed by atoms with van der Waals surface area (Å²) >= 11 is 0. The highest BCUT2D eigenvalue weighted by Gasteiger charge is 2.53. The van der Waals surface area contributed by atoms with Gasteiger partial charge in [-0.25, -0.2) is 9.59 Å². The number of hydrogen-bond acceptors (Lipinski definition) is 10. The number of hydrogen-bond donors (Lipinski definition) is 6. The van der Waals surface area contributed by atoms with Gasteiger partial charge in [0.15, 0.2) is 24.8 Å². The van der Waals surface area contributed by atoms with E-state index < -0.39 is 73.2 Å². The molecule has 2 saturated heterocycles. The molecule has 6 N–H and O–H groups in total. The Balaban J connectivity index is 2.22. The Hall–Kier alpha value is -1.38. The Bertz CT molecular complexity index is 526. The van der Waals surface area contributed by atoms with Crippen molar-refractivity contribution in [3.8, 4) is 0 Å². The van der Waals surface area contributed by atoms with E-state index in [1.54, 1.807) is 0 Å². The molecule has 0 spiro atoms. The molecule has 26 heavy (non-hydrogen) atoms. The topological polar surface area (TPSA) is 192 Å². The number of methoxy groups -OCH3 is 1. The van der Waals surface area contributed by atoms with Gasteiger partial charge < -0.3 is 49.6 Å². The van der Waals surface area contributed by atoms with Gasteiger partial charge in [0.2, 0.25) is 0 Å². The molecule has 12 nitrogen and oxygen atoms in total. The summed E-state index contributed by atoms with van der Waals surface area (Å²) in [7, 11) is 1.13. The van der Waals surface area contributed by atoms with Crippen LogP contribution in [0.3, 0.4) is 0 Å². The molecule has 0 amide bonds. The Morgan fingerprint density at radius 2 is 1.31 bits per heavy atom. The minimum atomic E-state index is -1.81. The zero-order valence-electron chi connectivity index (χ0n) is 13.9. The summed E-state index contributed by atoms with van der Waals surface area (Å²) in [5.41, 5.74) is 0. The summed E-state index contributed by atoms with van der Waals surface area (Å²) in [4.78, 5) is 22.6. The average molecular weight is 382 g/mol. The molecule has 0 bridgehead atoms. The third-order valence-electron chi connectivity index (χ3n) is 4.48. The number of carboxylic acids is 2. The summed E-state index contributed by atoms with van der Waals surface area (Å²) in [5, 5.41) is 58.5. The van der Waals surface area contributed by atoms with Crippen LogP contribution in [0.4, 0.5) is 0 Å². The summed E-state index contributed by atoms with van der Waals surface area (Å²) in [6, 6.07) is 0. The van der Waals surface area contributed by atoms with E-state index in [4.69, 9.17) is 24.1 Å². The van der Waals surface area contributed by atoms with Crippen LogP contribution in [0.5, 0.6) is 0 Å². The maximum atomic E-state index is 11.4. The van der Waals surface area contributed by atoms with Crippen molar-refractivity contribution in [1.29, 1.82) is 0 Å². The molecule has 2 aliphatic rings. The standard InChI is InChI=1S/C14H22O12/c1-3-4(15)6(17)14(24-8(3)11(19)20)25-9-5(16)7(18)13(23-2)26-10(9)12(21)22/h3-10,13-18H,1-2H3,(H,19,20)(H,21,22)/t3-,4-,5+,6?,7?,8?,9-,10?,13+,14-/m0/s1. The van der Waals surface area contributed by atoms with Gasteiger partial charge in [-0.2, -0.15) is 0 Å². The zero-order valence-corrected chi connectivity index (χ0v) is 13.9. The molecular formula is C14H22O12. The molecule has 0 aromatic carbocycles. The van der Waals surface area contributed by atoms with Crippen molar-refractivity contribution in [1.82, 2.24) is 0 Å². The van der Waals surface area contributed by atoms with Gasteiger partial charge in [0.25, 0.3) is 0 Å². The van der Waals surface area contributed by atoms with Crippen LogP contribution in [0, 0.1) is 5.92 Å². The number of rotatable bonds is 5. The van der Waals surface area contributed by atoms with Crippen LogP contribution in [-0.4, -0.2) is 105 Å². The van der Waals surface area contributed by atoms with E-state index in [0.29, 0.717) is 0 Å². The lowest BCUT2D eigenvalue weighted by Crippen LogP contribution is -2.64. The lowest BCUT2D eigenvalue weighted by molar-refractivity contribution is -0.344. The maximum Gasteiger partial charge on any atom is 0.335 e. The van der Waals surface area contributed by atoms with E-state index in [9.17, 15) is 35.1 Å². The molecule has 4 unspecified atom stereocenters. The molecule has 0 saturated carbocycles. The molecule has 2 rings (SSSR count). The van der Waals surface area contributed by atoms with Gasteiger partial charge in [0, 0.05) is 13.0 Å². The van der Waals surface area contributed by atoms with Crippen molar-refractivity contribution in [2.75, 3.05) is 7.11 Å². The van der Waals surface area contributed by atoms with Crippen LogP contribution < -0.4 is 0 Å². The number of aliphatic hydroxyl groups excluding tert-OH is 4. The Morgan fingerprint density at radius 1 is 0.808 bits per heavy atom. The highest BCUT2D eigenvalue weighted by Crippen LogP contribution is 2.31. The number of aliphatic carboxylic acids is 2. The SMILES string of the molecule is CO[C@@H]1OC(C(=O)O)[C@@H](O[C@@H]2OC(C(=O)O)[C@@H](C)[C@H](O)C2O)[C@H](O)C1O. The smallest absolute Gasteiger partial charge is 0.335 e. The monoisotopic (exact) mass is 382 g/mol. The third kappa shape index (κ3) is 3.82. The van der Waals surface area contributed by atoms with E-state index in [-0.39, 0.29) is 0 Å². The van der Waals surface area contributed by atoms with Crippen LogP contribution in [0.15, 0.2) is 0 Å². The van der Waals surface area contributed by atoms with Crippen LogP contribution >= 0.6 is 0 Å². The van der Waals surface area contributed by atoms with E-state index >= 15 is 0 Å². The van der Waals surface area contributed by atoms with E-state index in [0.717, 1.165) is 7.11 Å². The third-order valence-corrected chi connectivity index (χ3v) is 4.48. The molecule has 0 aliphatic carbocycles. The second kappa shape index (κ2) is 8.10. The molecule has 0 aromatic rings. The molecule has 2 fully saturated rings. The van der Waals surface area contributed by atoms with Gasteiger partial charge in [-0.1, -0.05) is 6.92 Å². The van der Waals surface area contributed by atoms with Gasteiger partial charge >= 0.3 is 11.9 Å². The number of ether oxygens (including phenoxy) is 4. The first-order valence-electron chi connectivity index (χ1n) is 7.77. The van der Waals surface area contributed by atoms with Crippen molar-refractivity contribution < 1.29 is 59.2 Å². The van der Waals surface area contributed by atoms with Crippen LogP contribution in [0.1, 0.15) is 6.92 Å². The molecule has 150 valence electrons. The number of carbonyl (C=O) groups is 2. The lowest BCUT2D eigenvalue weighted by Gasteiger charge is -2.44. The summed E-state index contributed by atoms with van der Waals surface area (Å²) in [6.07, 6.45) is -15.1. The molecule has 10 atom stereocenters. The quantitative estimate of drug-likeness (QED) is 0.278. The van der Waals surface area contributed by atoms with Gasteiger partial charge in [0.1, 0.15) is 24.4 Å². The summed E-state index contributed by atoms with van der Waals surface area (Å²) in [6.45, 7) is 1.34. The van der Waals surface area contributed by atoms with E-state index in [1.165, 1.54) is 6.92 Å². The Morgan fingerprint density at radius 3 is 1.81 bits per heavy atom. The molecular weight excluding hydrogens is 360 g/mol. The molecule has 0 aromatic heterocycles. The molecule has 2 heterocycles. The van der Waals surface area contributed by atoms with E-state index in [1.807, 2.05) is 0 Å². The predicted octanol–water partition coefficient (Wildman–Crippen LogP) is -3.28. The fourth-order valence-electron chi connectivity index (χ4n) is 2.93. The summed E-state index contributed by atoms with van der Waals surface area (Å²) < 4.78 is 20.1. The molecule has 2 aliphatic heterocycles. The first-order valence-corrected chi connectivity index (χ1v) is 7.77. The highest BCUT2D eigenvalue weighted by molar-refractivity contribution is 5.73. The minimum absolute atomic E-state index is 0.978. The Kier molecular flexibility index (Phi) is 6.52. The van der Waals surface area contributed by atoms with Gasteiger partial charge in [-0.3, -0.25) is 0 Å². The zero-order chi connectivity index (χ0) is 19.8. The Labute approximate surface area is 147 Å². The van der Waals surface area contributed by atoms with Gasteiger partial charge in [-0.15, -0.1) is 0 Å². The summed E-state index contributed by atoms with van der Waals surface area (Å²) in [5.74, 6) is -3.96. The van der Waals surface area contributed by atoms with E-state index in [2.05, 4.69) is 0 Å². The van der Waals surface area contributed by atoms with Crippen molar-refractivity contribution in [2.24, 2.45) is 5.92 Å². The van der Waals surface area contributed by atoms with Crippen molar-refractivity contribution in [3.05, 3.63) is 0 Å². The van der Waals surface area contributed by atoms with Crippen LogP contribution in [0.25, 0.3) is 0 Å². The average Bonchev–Trinajstić information content (AvgIpc) is 2.58. The second-order valence-electron chi connectivity index (χ2n) is 6.18. The van der Waals surface area contributed by atoms with Gasteiger partial charge in [-0.05, 0) is 0 Å². The second-order valence-corrected chi connectivity index (χ2v) is 6.18. The number of carboxylic acid groups (broad SMARTS) is 2. The van der Waals surface area contributed by atoms with Crippen molar-refractivity contribution >= 4 is 11.9 Å². The van der Waals surface area contributed by atoms with Crippen LogP contribution in [0.2, 0.25) is 0 Å². The van der Waals surface area contributed by atoms with Gasteiger partial charge in [0.05, 0.1) is 6.10 Å². The first kappa shape index (κ1) is 20.9. The lowest BCUT2D eigenvalue weighted by atomic mass is 9.90. The maximum absolute atomic E-state index is 11.4. The minimum Gasteiger partial charge on any atom is -0.479 e. The largest absolute Gasteiger partial charge is 0.479 e. The number of aliphatic hydroxyl groups is 4. The highest BCUT2D eigenvalue weighted by atomic mass is 16.7. The fourth-order valence-corrected chi connectivity index (χ4v) is 2.93. The normalized spacial score (nSPS) is 46.7.